The third kappa shape index (κ3) is 3.02. The first-order valence-electron chi connectivity index (χ1n) is 9.67. The van der Waals surface area contributed by atoms with E-state index >= 15 is 0 Å². The van der Waals surface area contributed by atoms with Gasteiger partial charge in [0.25, 0.3) is 5.91 Å². The monoisotopic (exact) mass is 391 g/mol. The zero-order chi connectivity index (χ0) is 19.1. The van der Waals surface area contributed by atoms with Crippen LogP contribution in [0.2, 0.25) is 0 Å². The molecule has 3 heterocycles. The Hall–Kier alpha value is -2.57. The summed E-state index contributed by atoms with van der Waals surface area (Å²) < 4.78 is 0. The van der Waals surface area contributed by atoms with Gasteiger partial charge in [0.1, 0.15) is 0 Å². The predicted octanol–water partition coefficient (Wildman–Crippen LogP) is 3.77. The summed E-state index contributed by atoms with van der Waals surface area (Å²) in [5.74, 6) is 0.0838. The van der Waals surface area contributed by atoms with Gasteiger partial charge in [-0.3, -0.25) is 9.78 Å². The molecule has 1 aliphatic carbocycles. The van der Waals surface area contributed by atoms with E-state index in [0.717, 1.165) is 65.0 Å². The summed E-state index contributed by atoms with van der Waals surface area (Å²) in [5.41, 5.74) is 8.62. The Labute approximate surface area is 167 Å². The summed E-state index contributed by atoms with van der Waals surface area (Å²) in [6.07, 6.45) is 3.05. The van der Waals surface area contributed by atoms with Gasteiger partial charge in [-0.15, -0.1) is 11.3 Å². The van der Waals surface area contributed by atoms with Crippen LogP contribution in [0.4, 0.5) is 0 Å². The molecule has 1 aliphatic heterocycles. The van der Waals surface area contributed by atoms with E-state index in [2.05, 4.69) is 4.98 Å². The number of pyridine rings is 1. The average molecular weight is 391 g/mol. The molecule has 0 spiro atoms. The SMILES string of the molecule is O=C1c2cccc(-c3cscn3)c2CN1CCc1ccc2c(n1)CCCC2O. The average Bonchev–Trinajstić information content (AvgIpc) is 3.35. The molecule has 28 heavy (non-hydrogen) atoms. The maximum atomic E-state index is 12.9. The number of nitrogens with zero attached hydrogens (tertiary/aromatic N) is 3. The smallest absolute Gasteiger partial charge is 0.254 e. The highest BCUT2D eigenvalue weighted by Crippen LogP contribution is 2.33. The third-order valence-electron chi connectivity index (χ3n) is 5.71. The second-order valence-electron chi connectivity index (χ2n) is 7.43. The standard InChI is InChI=1S/C22H21N3O2S/c26-21-6-2-5-19-17(21)8-7-14(24-19)9-10-25-11-18-15(20-12-28-13-23-20)3-1-4-16(18)22(25)27/h1,3-4,7-8,12-13,21,26H,2,5-6,9-11H2. The third-order valence-corrected chi connectivity index (χ3v) is 6.29. The van der Waals surface area contributed by atoms with E-state index in [-0.39, 0.29) is 12.0 Å². The molecule has 2 aliphatic rings. The zero-order valence-electron chi connectivity index (χ0n) is 15.5. The quantitative estimate of drug-likeness (QED) is 0.735. The van der Waals surface area contributed by atoms with Crippen LogP contribution in [0.1, 0.15) is 51.8 Å². The summed E-state index contributed by atoms with van der Waals surface area (Å²) in [6.45, 7) is 1.25. The number of aliphatic hydroxyl groups is 1. The first-order chi connectivity index (χ1) is 13.7. The van der Waals surface area contributed by atoms with Crippen LogP contribution in [-0.4, -0.2) is 32.4 Å². The zero-order valence-corrected chi connectivity index (χ0v) is 16.3. The van der Waals surface area contributed by atoms with Crippen LogP contribution in [0.5, 0.6) is 0 Å². The number of aryl methyl sites for hydroxylation is 1. The molecule has 5 rings (SSSR count). The van der Waals surface area contributed by atoms with Gasteiger partial charge >= 0.3 is 0 Å². The fourth-order valence-corrected chi connectivity index (χ4v) is 4.78. The van der Waals surface area contributed by atoms with Crippen molar-refractivity contribution in [1.82, 2.24) is 14.9 Å². The molecule has 1 amide bonds. The van der Waals surface area contributed by atoms with Crippen molar-refractivity contribution in [2.75, 3.05) is 6.54 Å². The van der Waals surface area contributed by atoms with Crippen LogP contribution in [0, 0.1) is 0 Å². The molecule has 0 saturated heterocycles. The molecule has 0 fully saturated rings. The molecular formula is C22H21N3O2S. The van der Waals surface area contributed by atoms with E-state index in [9.17, 15) is 9.90 Å². The van der Waals surface area contributed by atoms with Crippen molar-refractivity contribution in [3.63, 3.8) is 0 Å². The van der Waals surface area contributed by atoms with Crippen LogP contribution in [-0.2, 0) is 19.4 Å². The number of rotatable bonds is 4. The van der Waals surface area contributed by atoms with Gasteiger partial charge in [-0.1, -0.05) is 18.2 Å². The largest absolute Gasteiger partial charge is 0.388 e. The van der Waals surface area contributed by atoms with Crippen molar-refractivity contribution in [3.05, 3.63) is 69.3 Å². The van der Waals surface area contributed by atoms with Gasteiger partial charge in [-0.25, -0.2) is 4.98 Å². The minimum absolute atomic E-state index is 0.0838. The number of hydrogen-bond acceptors (Lipinski definition) is 5. The van der Waals surface area contributed by atoms with E-state index in [4.69, 9.17) is 4.98 Å². The lowest BCUT2D eigenvalue weighted by atomic mass is 9.93. The van der Waals surface area contributed by atoms with Crippen molar-refractivity contribution in [3.8, 4) is 11.3 Å². The molecule has 0 saturated carbocycles. The van der Waals surface area contributed by atoms with Crippen LogP contribution < -0.4 is 0 Å². The molecule has 1 N–H and O–H groups in total. The highest BCUT2D eigenvalue weighted by molar-refractivity contribution is 7.07. The number of carbonyl (C=O) groups is 1. The lowest BCUT2D eigenvalue weighted by Crippen LogP contribution is -2.26. The maximum Gasteiger partial charge on any atom is 0.254 e. The van der Waals surface area contributed by atoms with Crippen LogP contribution >= 0.6 is 11.3 Å². The first-order valence-corrected chi connectivity index (χ1v) is 10.6. The van der Waals surface area contributed by atoms with Gasteiger partial charge in [-0.2, -0.15) is 0 Å². The van der Waals surface area contributed by atoms with E-state index < -0.39 is 0 Å². The fourth-order valence-electron chi connectivity index (χ4n) is 4.22. The van der Waals surface area contributed by atoms with E-state index in [1.54, 1.807) is 11.3 Å². The lowest BCUT2D eigenvalue weighted by Gasteiger charge is -2.21. The molecule has 1 unspecified atom stereocenters. The molecule has 142 valence electrons. The summed E-state index contributed by atoms with van der Waals surface area (Å²) in [5, 5.41) is 12.1. The molecule has 0 bridgehead atoms. The highest BCUT2D eigenvalue weighted by atomic mass is 32.1. The number of benzene rings is 1. The summed E-state index contributed by atoms with van der Waals surface area (Å²) in [6, 6.07) is 9.88. The van der Waals surface area contributed by atoms with Gasteiger partial charge in [-0.05, 0) is 37.0 Å². The molecule has 5 nitrogen and oxygen atoms in total. The maximum absolute atomic E-state index is 12.9. The molecule has 2 aromatic heterocycles. The molecule has 1 atom stereocenters. The van der Waals surface area contributed by atoms with E-state index in [1.807, 2.05) is 46.1 Å². The molecule has 0 radical (unpaired) electrons. The van der Waals surface area contributed by atoms with Gasteiger partial charge in [0, 0.05) is 53.0 Å². The van der Waals surface area contributed by atoms with Crippen LogP contribution in [0.3, 0.4) is 0 Å². The number of hydrogen-bond donors (Lipinski definition) is 1. The topological polar surface area (TPSA) is 66.3 Å². The van der Waals surface area contributed by atoms with Crippen molar-refractivity contribution in [2.45, 2.75) is 38.3 Å². The predicted molar refractivity (Wildman–Crippen MR) is 108 cm³/mol. The Morgan fingerprint density at radius 1 is 1.21 bits per heavy atom. The number of carbonyl (C=O) groups excluding carboxylic acids is 1. The molecule has 1 aromatic carbocycles. The Morgan fingerprint density at radius 2 is 2.11 bits per heavy atom. The Kier molecular flexibility index (Phi) is 4.45. The lowest BCUT2D eigenvalue weighted by molar-refractivity contribution is 0.0780. The Bertz CT molecular complexity index is 1030. The van der Waals surface area contributed by atoms with Gasteiger partial charge in [0.15, 0.2) is 0 Å². The van der Waals surface area contributed by atoms with Gasteiger partial charge < -0.3 is 10.0 Å². The number of thiazole rings is 1. The normalized spacial score (nSPS) is 18.2. The fraction of sp³-hybridized carbons (Fsp3) is 0.318. The Morgan fingerprint density at radius 3 is 2.96 bits per heavy atom. The van der Waals surface area contributed by atoms with Crippen molar-refractivity contribution < 1.29 is 9.90 Å². The van der Waals surface area contributed by atoms with Gasteiger partial charge in [0.05, 0.1) is 17.3 Å². The van der Waals surface area contributed by atoms with E-state index in [1.165, 1.54) is 0 Å². The number of aromatic nitrogens is 2. The van der Waals surface area contributed by atoms with Crippen molar-refractivity contribution >= 4 is 17.2 Å². The Balaban J connectivity index is 1.33. The van der Waals surface area contributed by atoms with Crippen LogP contribution in [0.15, 0.2) is 41.2 Å². The number of aliphatic hydroxyl groups excluding tert-OH is 1. The first kappa shape index (κ1) is 17.5. The molecule has 6 heteroatoms. The van der Waals surface area contributed by atoms with Crippen LogP contribution in [0.25, 0.3) is 11.3 Å². The van der Waals surface area contributed by atoms with Crippen molar-refractivity contribution in [2.24, 2.45) is 0 Å². The molecule has 3 aromatic rings. The minimum atomic E-state index is -0.385. The summed E-state index contributed by atoms with van der Waals surface area (Å²) in [7, 11) is 0. The van der Waals surface area contributed by atoms with Gasteiger partial charge in [0.2, 0.25) is 0 Å². The second-order valence-corrected chi connectivity index (χ2v) is 8.15. The number of amides is 1. The van der Waals surface area contributed by atoms with Crippen molar-refractivity contribution in [1.29, 1.82) is 0 Å². The second kappa shape index (κ2) is 7.11. The molecular weight excluding hydrogens is 370 g/mol. The summed E-state index contributed by atoms with van der Waals surface area (Å²) >= 11 is 1.56. The number of fused-ring (bicyclic) bond motifs is 2. The highest BCUT2D eigenvalue weighted by Gasteiger charge is 2.29. The minimum Gasteiger partial charge on any atom is -0.388 e. The van der Waals surface area contributed by atoms with E-state index in [0.29, 0.717) is 13.1 Å². The summed E-state index contributed by atoms with van der Waals surface area (Å²) in [4.78, 5) is 23.9.